The number of nitrogens with zero attached hydrogens (tertiary/aromatic N) is 2. The second kappa shape index (κ2) is 7.63. The van der Waals surface area contributed by atoms with Crippen LogP contribution in [0.15, 0.2) is 41.7 Å². The van der Waals surface area contributed by atoms with Gasteiger partial charge in [0.15, 0.2) is 0 Å². The van der Waals surface area contributed by atoms with E-state index in [-0.39, 0.29) is 18.7 Å². The highest BCUT2D eigenvalue weighted by Gasteiger charge is 2.21. The van der Waals surface area contributed by atoms with Crippen molar-refractivity contribution in [1.29, 1.82) is 0 Å². The molecule has 2 N–H and O–H groups in total. The lowest BCUT2D eigenvalue weighted by atomic mass is 10.1. The molecular formula is C17H21N3O4. The van der Waals surface area contributed by atoms with Crippen LogP contribution in [0.5, 0.6) is 0 Å². The van der Waals surface area contributed by atoms with Crippen LogP contribution in [-0.4, -0.2) is 32.2 Å². The van der Waals surface area contributed by atoms with Crippen molar-refractivity contribution in [3.8, 4) is 0 Å². The Morgan fingerprint density at radius 3 is 2.46 bits per heavy atom. The lowest BCUT2D eigenvalue weighted by Crippen LogP contribution is -2.43. The molecule has 1 atom stereocenters. The van der Waals surface area contributed by atoms with Crippen molar-refractivity contribution in [3.63, 3.8) is 0 Å². The summed E-state index contributed by atoms with van der Waals surface area (Å²) >= 11 is 0. The van der Waals surface area contributed by atoms with E-state index in [2.05, 4.69) is 11.9 Å². The molecule has 0 bridgehead atoms. The number of aliphatic carboxylic acids is 1. The van der Waals surface area contributed by atoms with Gasteiger partial charge in [0.1, 0.15) is 12.6 Å². The maximum absolute atomic E-state index is 12.5. The van der Waals surface area contributed by atoms with Crippen LogP contribution in [0.2, 0.25) is 0 Å². The van der Waals surface area contributed by atoms with Gasteiger partial charge >= 0.3 is 11.7 Å². The Bertz CT molecular complexity index is 819. The van der Waals surface area contributed by atoms with E-state index in [1.807, 2.05) is 19.1 Å². The number of nitrogens with one attached hydrogen (secondary N) is 1. The highest BCUT2D eigenvalue weighted by atomic mass is 16.4. The fourth-order valence-electron chi connectivity index (χ4n) is 2.66. The molecule has 0 fully saturated rings. The van der Waals surface area contributed by atoms with E-state index >= 15 is 0 Å². The number of aryl methyl sites for hydroxylation is 1. The van der Waals surface area contributed by atoms with Gasteiger partial charge < -0.3 is 10.4 Å². The number of carbonyl (C=O) groups is 2. The Labute approximate surface area is 139 Å². The van der Waals surface area contributed by atoms with E-state index in [1.54, 1.807) is 22.8 Å². The standard InChI is InChI=1S/C17H21N3O4/c1-3-5-8-12(16(22)23)18-15(21)11-20-14-10-7-6-9-13(14)19(4-2)17(20)24/h3,6-7,9-10,12H,1,4-5,8,11H2,2H3,(H,18,21)(H,22,23). The van der Waals surface area contributed by atoms with Gasteiger partial charge in [0.05, 0.1) is 11.0 Å². The molecule has 128 valence electrons. The fraction of sp³-hybridized carbons (Fsp3) is 0.353. The zero-order chi connectivity index (χ0) is 17.7. The summed E-state index contributed by atoms with van der Waals surface area (Å²) < 4.78 is 2.94. The molecule has 24 heavy (non-hydrogen) atoms. The van der Waals surface area contributed by atoms with Crippen molar-refractivity contribution < 1.29 is 14.7 Å². The third-order valence-corrected chi connectivity index (χ3v) is 3.84. The molecule has 0 saturated carbocycles. The summed E-state index contributed by atoms with van der Waals surface area (Å²) in [5, 5.41) is 11.6. The number of carboxylic acid groups (broad SMARTS) is 1. The number of allylic oxidation sites excluding steroid dienone is 1. The average molecular weight is 331 g/mol. The van der Waals surface area contributed by atoms with E-state index in [0.717, 1.165) is 5.52 Å². The summed E-state index contributed by atoms with van der Waals surface area (Å²) in [6.07, 6.45) is 2.34. The smallest absolute Gasteiger partial charge is 0.329 e. The van der Waals surface area contributed by atoms with Crippen LogP contribution in [0.1, 0.15) is 19.8 Å². The highest BCUT2D eigenvalue weighted by Crippen LogP contribution is 2.12. The van der Waals surface area contributed by atoms with Gasteiger partial charge in [0.25, 0.3) is 0 Å². The van der Waals surface area contributed by atoms with Gasteiger partial charge in [-0.05, 0) is 31.9 Å². The van der Waals surface area contributed by atoms with Crippen LogP contribution in [0, 0.1) is 0 Å². The van der Waals surface area contributed by atoms with E-state index in [9.17, 15) is 14.4 Å². The minimum Gasteiger partial charge on any atom is -0.480 e. The van der Waals surface area contributed by atoms with Crippen molar-refractivity contribution in [2.45, 2.75) is 38.9 Å². The molecule has 7 nitrogen and oxygen atoms in total. The predicted molar refractivity (Wildman–Crippen MR) is 90.9 cm³/mol. The summed E-state index contributed by atoms with van der Waals surface area (Å²) in [6.45, 7) is 5.67. The molecule has 1 amide bonds. The maximum Gasteiger partial charge on any atom is 0.329 e. The molecule has 0 saturated heterocycles. The lowest BCUT2D eigenvalue weighted by Gasteiger charge is -2.13. The minimum atomic E-state index is -1.10. The first-order valence-corrected chi connectivity index (χ1v) is 7.80. The van der Waals surface area contributed by atoms with E-state index in [0.29, 0.717) is 18.5 Å². The largest absolute Gasteiger partial charge is 0.480 e. The summed E-state index contributed by atoms with van der Waals surface area (Å²) in [5.41, 5.74) is 1.11. The molecular weight excluding hydrogens is 310 g/mol. The van der Waals surface area contributed by atoms with Crippen molar-refractivity contribution in [2.24, 2.45) is 0 Å². The normalized spacial score (nSPS) is 12.0. The summed E-state index contributed by atoms with van der Waals surface area (Å²) in [6, 6.07) is 6.21. The number of carbonyl (C=O) groups excluding carboxylic acids is 1. The Kier molecular flexibility index (Phi) is 5.57. The molecule has 1 aromatic heterocycles. The van der Waals surface area contributed by atoms with Crippen LogP contribution in [0.4, 0.5) is 0 Å². The van der Waals surface area contributed by atoms with E-state index < -0.39 is 17.9 Å². The number of hydrogen-bond donors (Lipinski definition) is 2. The highest BCUT2D eigenvalue weighted by molar-refractivity contribution is 5.85. The number of para-hydroxylation sites is 2. The first kappa shape index (κ1) is 17.5. The summed E-state index contributed by atoms with van der Waals surface area (Å²) in [4.78, 5) is 35.9. The maximum atomic E-state index is 12.5. The molecule has 0 radical (unpaired) electrons. The number of fused-ring (bicyclic) bond motifs is 1. The topological polar surface area (TPSA) is 93.3 Å². The number of carboxylic acids is 1. The molecule has 1 heterocycles. The Hall–Kier alpha value is -2.83. The molecule has 0 spiro atoms. The summed E-state index contributed by atoms with van der Waals surface area (Å²) in [7, 11) is 0. The van der Waals surface area contributed by atoms with E-state index in [1.165, 1.54) is 4.57 Å². The number of imidazole rings is 1. The lowest BCUT2D eigenvalue weighted by molar-refractivity contribution is -0.142. The Morgan fingerprint density at radius 2 is 1.92 bits per heavy atom. The number of amides is 1. The average Bonchev–Trinajstić information content (AvgIpc) is 2.83. The van der Waals surface area contributed by atoms with Crippen LogP contribution in [0.3, 0.4) is 0 Å². The molecule has 1 unspecified atom stereocenters. The molecule has 1 aromatic carbocycles. The molecule has 2 rings (SSSR count). The number of hydrogen-bond acceptors (Lipinski definition) is 3. The van der Waals surface area contributed by atoms with Gasteiger partial charge in [-0.2, -0.15) is 0 Å². The first-order chi connectivity index (χ1) is 11.5. The Morgan fingerprint density at radius 1 is 1.29 bits per heavy atom. The van der Waals surface area contributed by atoms with E-state index in [4.69, 9.17) is 5.11 Å². The molecule has 0 aliphatic carbocycles. The van der Waals surface area contributed by atoms with Crippen LogP contribution in [0.25, 0.3) is 11.0 Å². The number of rotatable bonds is 8. The third kappa shape index (κ3) is 3.56. The predicted octanol–water partition coefficient (Wildman–Crippen LogP) is 1.36. The number of aromatic nitrogens is 2. The second-order valence-corrected chi connectivity index (χ2v) is 5.43. The SMILES string of the molecule is C=CCCC(NC(=O)Cn1c(=O)n(CC)c2ccccc21)C(=O)O. The number of benzene rings is 1. The van der Waals surface area contributed by atoms with Gasteiger partial charge in [-0.25, -0.2) is 9.59 Å². The van der Waals surface area contributed by atoms with Gasteiger partial charge in [-0.3, -0.25) is 13.9 Å². The van der Waals surface area contributed by atoms with Crippen molar-refractivity contribution in [3.05, 3.63) is 47.4 Å². The molecule has 0 aliphatic rings. The zero-order valence-electron chi connectivity index (χ0n) is 13.6. The van der Waals surface area contributed by atoms with Crippen LogP contribution < -0.4 is 11.0 Å². The van der Waals surface area contributed by atoms with Crippen molar-refractivity contribution in [2.75, 3.05) is 0 Å². The third-order valence-electron chi connectivity index (χ3n) is 3.84. The fourth-order valence-corrected chi connectivity index (χ4v) is 2.66. The minimum absolute atomic E-state index is 0.218. The van der Waals surface area contributed by atoms with Gasteiger partial charge in [0, 0.05) is 6.54 Å². The molecule has 0 aliphatic heterocycles. The Balaban J connectivity index is 2.24. The molecule has 7 heteroatoms. The van der Waals surface area contributed by atoms with Crippen LogP contribution >= 0.6 is 0 Å². The quantitative estimate of drug-likeness (QED) is 0.714. The second-order valence-electron chi connectivity index (χ2n) is 5.43. The van der Waals surface area contributed by atoms with Gasteiger partial charge in [-0.1, -0.05) is 18.2 Å². The zero-order valence-corrected chi connectivity index (χ0v) is 13.6. The first-order valence-electron chi connectivity index (χ1n) is 7.80. The summed E-state index contributed by atoms with van der Waals surface area (Å²) in [5.74, 6) is -1.61. The van der Waals surface area contributed by atoms with Gasteiger partial charge in [-0.15, -0.1) is 6.58 Å². The molecule has 2 aromatic rings. The monoisotopic (exact) mass is 331 g/mol. The van der Waals surface area contributed by atoms with Crippen LogP contribution in [-0.2, 0) is 22.7 Å². The van der Waals surface area contributed by atoms with Crippen molar-refractivity contribution in [1.82, 2.24) is 14.5 Å². The van der Waals surface area contributed by atoms with Crippen molar-refractivity contribution >= 4 is 22.9 Å². The van der Waals surface area contributed by atoms with Gasteiger partial charge in [0.2, 0.25) is 5.91 Å².